The Kier molecular flexibility index (Phi) is 7.76. The number of hydrogen-bond donors (Lipinski definition) is 1. The Morgan fingerprint density at radius 1 is 1.23 bits per heavy atom. The van der Waals surface area contributed by atoms with Gasteiger partial charge in [0, 0.05) is 19.6 Å². The van der Waals surface area contributed by atoms with Crippen LogP contribution in [0.1, 0.15) is 51.1 Å². The fraction of sp³-hybridized carbons (Fsp3) is 0.522. The number of nitriles is 1. The van der Waals surface area contributed by atoms with Gasteiger partial charge >= 0.3 is 5.97 Å². The van der Waals surface area contributed by atoms with Gasteiger partial charge in [0.15, 0.2) is 11.7 Å². The van der Waals surface area contributed by atoms with Crippen LogP contribution in [-0.2, 0) is 14.3 Å². The summed E-state index contributed by atoms with van der Waals surface area (Å²) in [5.74, 6) is -1.18. The van der Waals surface area contributed by atoms with Crippen molar-refractivity contribution in [3.63, 3.8) is 0 Å². The summed E-state index contributed by atoms with van der Waals surface area (Å²) in [7, 11) is 0. The summed E-state index contributed by atoms with van der Waals surface area (Å²) >= 11 is 0. The van der Waals surface area contributed by atoms with Crippen LogP contribution >= 0.6 is 0 Å². The van der Waals surface area contributed by atoms with E-state index >= 15 is 0 Å². The van der Waals surface area contributed by atoms with Gasteiger partial charge in [0.1, 0.15) is 5.69 Å². The number of nitrogens with one attached hydrogen (secondary N) is 1. The molecule has 1 atom stereocenters. The molecule has 1 aliphatic heterocycles. The summed E-state index contributed by atoms with van der Waals surface area (Å²) in [6.45, 7) is 5.90. The molecule has 8 nitrogen and oxygen atoms in total. The quantitative estimate of drug-likeness (QED) is 0.514. The monoisotopic (exact) mass is 423 g/mol. The van der Waals surface area contributed by atoms with E-state index in [2.05, 4.69) is 16.4 Å². The topological polar surface area (TPSA) is 108 Å². The average Bonchev–Trinajstić information content (AvgIpc) is 2.79. The molecule has 2 heterocycles. The third-order valence-electron chi connectivity index (χ3n) is 5.49. The maximum absolute atomic E-state index is 12.8. The van der Waals surface area contributed by atoms with E-state index in [1.807, 2.05) is 36.1 Å². The molecule has 1 saturated heterocycles. The molecule has 8 heteroatoms. The molecule has 0 bridgehead atoms. The number of carbonyl (C=O) groups is 2. The molecular formula is C23H29N5O3. The molecule has 0 radical (unpaired) electrons. The number of esters is 1. The van der Waals surface area contributed by atoms with Crippen LogP contribution < -0.4 is 10.2 Å². The van der Waals surface area contributed by atoms with Crippen molar-refractivity contribution in [2.75, 3.05) is 31.1 Å². The number of para-hydroxylation sites is 2. The molecule has 1 N–H and O–H groups in total. The van der Waals surface area contributed by atoms with E-state index in [9.17, 15) is 14.9 Å². The molecular weight excluding hydrogens is 394 g/mol. The minimum atomic E-state index is -1.05. The maximum atomic E-state index is 12.8. The zero-order valence-electron chi connectivity index (χ0n) is 18.1. The van der Waals surface area contributed by atoms with E-state index in [1.54, 1.807) is 6.92 Å². The smallest absolute Gasteiger partial charge is 0.309 e. The zero-order valence-corrected chi connectivity index (χ0v) is 18.1. The van der Waals surface area contributed by atoms with E-state index in [0.29, 0.717) is 61.6 Å². The molecule has 0 saturated carbocycles. The summed E-state index contributed by atoms with van der Waals surface area (Å²) < 4.78 is 5.16. The van der Waals surface area contributed by atoms with Crippen LogP contribution in [0.25, 0.3) is 11.0 Å². The number of hydrogen-bond acceptors (Lipinski definition) is 7. The van der Waals surface area contributed by atoms with Crippen LogP contribution in [0, 0.1) is 17.2 Å². The van der Waals surface area contributed by atoms with Gasteiger partial charge in [0.05, 0.1) is 29.6 Å². The second kappa shape index (κ2) is 10.7. The summed E-state index contributed by atoms with van der Waals surface area (Å²) in [4.78, 5) is 36.3. The molecule has 0 spiro atoms. The lowest BCUT2D eigenvalue weighted by atomic mass is 9.96. The first-order valence-electron chi connectivity index (χ1n) is 10.9. The number of amides is 1. The summed E-state index contributed by atoms with van der Waals surface area (Å²) in [5, 5.41) is 12.7. The predicted octanol–water partition coefficient (Wildman–Crippen LogP) is 2.93. The van der Waals surface area contributed by atoms with Crippen LogP contribution in [-0.4, -0.2) is 48.1 Å². The Hall–Kier alpha value is -3.21. The third kappa shape index (κ3) is 5.29. The first kappa shape index (κ1) is 22.5. The van der Waals surface area contributed by atoms with Gasteiger partial charge in [-0.1, -0.05) is 25.5 Å². The Morgan fingerprint density at radius 3 is 2.52 bits per heavy atom. The minimum Gasteiger partial charge on any atom is -0.466 e. The highest BCUT2D eigenvalue weighted by Gasteiger charge is 2.32. The van der Waals surface area contributed by atoms with E-state index in [4.69, 9.17) is 9.72 Å². The highest BCUT2D eigenvalue weighted by molar-refractivity contribution is 5.88. The van der Waals surface area contributed by atoms with Crippen molar-refractivity contribution in [2.24, 2.45) is 5.92 Å². The van der Waals surface area contributed by atoms with Gasteiger partial charge in [-0.2, -0.15) is 5.26 Å². The van der Waals surface area contributed by atoms with Crippen molar-refractivity contribution in [1.82, 2.24) is 15.3 Å². The first-order chi connectivity index (χ1) is 15.1. The molecule has 1 aromatic heterocycles. The third-order valence-corrected chi connectivity index (χ3v) is 5.49. The Bertz CT molecular complexity index is 963. The van der Waals surface area contributed by atoms with Gasteiger partial charge in [-0.15, -0.1) is 0 Å². The number of nitrogens with zero attached hydrogens (tertiary/aromatic N) is 4. The van der Waals surface area contributed by atoms with Crippen LogP contribution in [0.4, 0.5) is 5.82 Å². The number of unbranched alkanes of at least 4 members (excludes halogenated alkanes) is 1. The van der Waals surface area contributed by atoms with Crippen molar-refractivity contribution in [3.8, 4) is 6.07 Å². The van der Waals surface area contributed by atoms with Gasteiger partial charge in [-0.3, -0.25) is 9.59 Å². The average molecular weight is 424 g/mol. The van der Waals surface area contributed by atoms with Gasteiger partial charge < -0.3 is 15.0 Å². The SMILES string of the molecule is CCCCNC(=O)C(C#N)c1nc2ccccc2nc1N1CCC(C(=O)OCC)CC1. The first-order valence-corrected chi connectivity index (χ1v) is 10.9. The Morgan fingerprint density at radius 2 is 1.90 bits per heavy atom. The van der Waals surface area contributed by atoms with Crippen LogP contribution in [0.2, 0.25) is 0 Å². The number of fused-ring (bicyclic) bond motifs is 1. The predicted molar refractivity (Wildman–Crippen MR) is 117 cm³/mol. The maximum Gasteiger partial charge on any atom is 0.309 e. The number of anilines is 1. The number of rotatable bonds is 8. The number of ether oxygens (including phenoxy) is 1. The largest absolute Gasteiger partial charge is 0.466 e. The van der Waals surface area contributed by atoms with E-state index in [1.165, 1.54) is 0 Å². The van der Waals surface area contributed by atoms with E-state index < -0.39 is 5.92 Å². The summed E-state index contributed by atoms with van der Waals surface area (Å²) in [5.41, 5.74) is 1.71. The van der Waals surface area contributed by atoms with Crippen molar-refractivity contribution >= 4 is 28.7 Å². The standard InChI is InChI=1S/C23H29N5O3/c1-3-5-12-25-22(29)17(15-24)20-21(27-19-9-7-6-8-18(19)26-20)28-13-10-16(11-14-28)23(30)31-4-2/h6-9,16-17H,3-5,10-14H2,1-2H3,(H,25,29). The molecule has 0 aliphatic carbocycles. The van der Waals surface area contributed by atoms with Crippen LogP contribution in [0.3, 0.4) is 0 Å². The minimum absolute atomic E-state index is 0.142. The van der Waals surface area contributed by atoms with Crippen LogP contribution in [0.15, 0.2) is 24.3 Å². The fourth-order valence-corrected chi connectivity index (χ4v) is 3.75. The van der Waals surface area contributed by atoms with Crippen molar-refractivity contribution < 1.29 is 14.3 Å². The Labute approximate surface area is 182 Å². The highest BCUT2D eigenvalue weighted by atomic mass is 16.5. The molecule has 1 aliphatic rings. The van der Waals surface area contributed by atoms with Crippen molar-refractivity contribution in [2.45, 2.75) is 45.4 Å². The molecule has 1 unspecified atom stereocenters. The van der Waals surface area contributed by atoms with Gasteiger partial charge in [0.25, 0.3) is 0 Å². The molecule has 164 valence electrons. The van der Waals surface area contributed by atoms with Gasteiger partial charge in [-0.25, -0.2) is 9.97 Å². The van der Waals surface area contributed by atoms with E-state index in [-0.39, 0.29) is 17.8 Å². The van der Waals surface area contributed by atoms with Gasteiger partial charge in [0.2, 0.25) is 5.91 Å². The molecule has 2 aromatic rings. The van der Waals surface area contributed by atoms with Crippen LogP contribution in [0.5, 0.6) is 0 Å². The fourth-order valence-electron chi connectivity index (χ4n) is 3.75. The zero-order chi connectivity index (χ0) is 22.2. The molecule has 1 amide bonds. The van der Waals surface area contributed by atoms with E-state index in [0.717, 1.165) is 12.8 Å². The summed E-state index contributed by atoms with van der Waals surface area (Å²) in [6, 6.07) is 9.54. The van der Waals surface area contributed by atoms with Crippen molar-refractivity contribution in [1.29, 1.82) is 5.26 Å². The van der Waals surface area contributed by atoms with Gasteiger partial charge in [-0.05, 0) is 38.3 Å². The number of benzene rings is 1. The normalized spacial score (nSPS) is 15.3. The second-order valence-corrected chi connectivity index (χ2v) is 7.64. The lowest BCUT2D eigenvalue weighted by molar-refractivity contribution is -0.148. The lowest BCUT2D eigenvalue weighted by Crippen LogP contribution is -2.39. The summed E-state index contributed by atoms with van der Waals surface area (Å²) in [6.07, 6.45) is 3.06. The molecule has 31 heavy (non-hydrogen) atoms. The second-order valence-electron chi connectivity index (χ2n) is 7.64. The Balaban J connectivity index is 1.90. The molecule has 3 rings (SSSR count). The highest BCUT2D eigenvalue weighted by Crippen LogP contribution is 2.30. The van der Waals surface area contributed by atoms with Crippen molar-refractivity contribution in [3.05, 3.63) is 30.0 Å². The molecule has 1 fully saturated rings. The number of aromatic nitrogens is 2. The number of carbonyl (C=O) groups excluding carboxylic acids is 2. The number of piperidine rings is 1. The lowest BCUT2D eigenvalue weighted by Gasteiger charge is -2.33. The molecule has 1 aromatic carbocycles.